The molecule has 1 aliphatic rings. The Bertz CT molecular complexity index is 433. The number of hydrogen-bond acceptors (Lipinski definition) is 3. The Hall–Kier alpha value is -1.22. The second-order valence-electron chi connectivity index (χ2n) is 5.79. The van der Waals surface area contributed by atoms with E-state index in [0.29, 0.717) is 24.9 Å². The third-order valence-corrected chi connectivity index (χ3v) is 4.69. The highest BCUT2D eigenvalue weighted by Gasteiger charge is 2.31. The molecule has 1 fully saturated rings. The lowest BCUT2D eigenvalue weighted by molar-refractivity contribution is 0.314. The van der Waals surface area contributed by atoms with Gasteiger partial charge in [-0.1, -0.05) is 32.4 Å². The molecule has 0 radical (unpaired) electrons. The highest BCUT2D eigenvalue weighted by Crippen LogP contribution is 2.35. The Morgan fingerprint density at radius 3 is 2.75 bits per heavy atom. The van der Waals surface area contributed by atoms with E-state index < -0.39 is 0 Å². The van der Waals surface area contributed by atoms with Gasteiger partial charge < -0.3 is 15.2 Å². The van der Waals surface area contributed by atoms with Crippen LogP contribution in [0.2, 0.25) is 0 Å². The largest absolute Gasteiger partial charge is 0.504 e. The van der Waals surface area contributed by atoms with E-state index in [4.69, 9.17) is 4.74 Å². The minimum absolute atomic E-state index is 0.277. The number of aromatic hydroxyl groups is 1. The molecule has 1 saturated carbocycles. The zero-order chi connectivity index (χ0) is 14.5. The summed E-state index contributed by atoms with van der Waals surface area (Å²) in [6, 6.07) is 6.28. The number of phenolic OH excluding ortho intramolecular Hbond substituents is 1. The van der Waals surface area contributed by atoms with E-state index in [1.54, 1.807) is 0 Å². The fourth-order valence-electron chi connectivity index (χ4n) is 3.34. The summed E-state index contributed by atoms with van der Waals surface area (Å²) in [5.74, 6) is 2.42. The molecule has 0 saturated heterocycles. The first-order valence-corrected chi connectivity index (χ1v) is 7.84. The average Bonchev–Trinajstić information content (AvgIpc) is 2.80. The fraction of sp³-hybridized carbons (Fsp3) is 0.647. The lowest BCUT2D eigenvalue weighted by Gasteiger charge is -2.21. The van der Waals surface area contributed by atoms with E-state index in [-0.39, 0.29) is 5.75 Å². The first kappa shape index (κ1) is 15.2. The topological polar surface area (TPSA) is 41.5 Å². The Balaban J connectivity index is 1.96. The summed E-state index contributed by atoms with van der Waals surface area (Å²) < 4.78 is 5.43. The van der Waals surface area contributed by atoms with Crippen LogP contribution in [0.25, 0.3) is 0 Å². The lowest BCUT2D eigenvalue weighted by atomic mass is 9.93. The summed E-state index contributed by atoms with van der Waals surface area (Å²) in [5.41, 5.74) is 0.920. The molecule has 1 aromatic rings. The van der Waals surface area contributed by atoms with E-state index in [1.807, 2.05) is 25.1 Å². The van der Waals surface area contributed by atoms with Crippen LogP contribution < -0.4 is 10.1 Å². The van der Waals surface area contributed by atoms with Gasteiger partial charge in [-0.15, -0.1) is 0 Å². The number of phenols is 1. The molecular formula is C17H27NO2. The van der Waals surface area contributed by atoms with Crippen molar-refractivity contribution in [2.24, 2.45) is 11.8 Å². The lowest BCUT2D eigenvalue weighted by Crippen LogP contribution is -2.32. The number of para-hydroxylation sites is 1. The van der Waals surface area contributed by atoms with Crippen LogP contribution in [0.1, 0.15) is 45.6 Å². The van der Waals surface area contributed by atoms with Crippen LogP contribution in [0.4, 0.5) is 0 Å². The molecule has 20 heavy (non-hydrogen) atoms. The van der Waals surface area contributed by atoms with Crippen molar-refractivity contribution < 1.29 is 9.84 Å². The van der Waals surface area contributed by atoms with Crippen molar-refractivity contribution in [2.45, 2.75) is 52.6 Å². The van der Waals surface area contributed by atoms with E-state index in [0.717, 1.165) is 17.4 Å². The zero-order valence-electron chi connectivity index (χ0n) is 12.9. The van der Waals surface area contributed by atoms with Gasteiger partial charge in [0.25, 0.3) is 0 Å². The highest BCUT2D eigenvalue weighted by atomic mass is 16.5. The summed E-state index contributed by atoms with van der Waals surface area (Å²) in [5, 5.41) is 13.8. The van der Waals surface area contributed by atoms with Gasteiger partial charge in [-0.2, -0.15) is 0 Å². The number of nitrogens with one attached hydrogen (secondary N) is 1. The molecular weight excluding hydrogens is 250 g/mol. The van der Waals surface area contributed by atoms with Gasteiger partial charge in [0.2, 0.25) is 0 Å². The van der Waals surface area contributed by atoms with E-state index in [2.05, 4.69) is 19.2 Å². The van der Waals surface area contributed by atoms with Gasteiger partial charge in [-0.3, -0.25) is 0 Å². The monoisotopic (exact) mass is 277 g/mol. The van der Waals surface area contributed by atoms with Gasteiger partial charge in [0.15, 0.2) is 11.5 Å². The van der Waals surface area contributed by atoms with Crippen LogP contribution in [-0.4, -0.2) is 17.8 Å². The van der Waals surface area contributed by atoms with Crippen molar-refractivity contribution >= 4 is 0 Å². The Morgan fingerprint density at radius 1 is 1.30 bits per heavy atom. The molecule has 1 aromatic carbocycles. The Morgan fingerprint density at radius 2 is 2.10 bits per heavy atom. The molecule has 0 amide bonds. The summed E-state index contributed by atoms with van der Waals surface area (Å²) in [7, 11) is 0. The van der Waals surface area contributed by atoms with Crippen LogP contribution in [0.3, 0.4) is 0 Å². The van der Waals surface area contributed by atoms with Crippen LogP contribution in [0.5, 0.6) is 11.5 Å². The maximum Gasteiger partial charge on any atom is 0.162 e. The maximum atomic E-state index is 10.2. The first-order valence-electron chi connectivity index (χ1n) is 7.84. The molecule has 112 valence electrons. The summed E-state index contributed by atoms with van der Waals surface area (Å²) in [6.07, 6.45) is 3.83. The Kier molecular flexibility index (Phi) is 5.30. The quantitative estimate of drug-likeness (QED) is 0.833. The normalized spacial score (nSPS) is 25.9. The first-order chi connectivity index (χ1) is 9.67. The molecule has 0 aliphatic heterocycles. The smallest absolute Gasteiger partial charge is 0.162 e. The van der Waals surface area contributed by atoms with Gasteiger partial charge >= 0.3 is 0 Å². The van der Waals surface area contributed by atoms with Crippen molar-refractivity contribution in [3.8, 4) is 11.5 Å². The maximum absolute atomic E-state index is 10.2. The summed E-state index contributed by atoms with van der Waals surface area (Å²) in [4.78, 5) is 0. The number of rotatable bonds is 6. The molecule has 2 rings (SSSR count). The predicted molar refractivity (Wildman–Crippen MR) is 82.1 cm³/mol. The van der Waals surface area contributed by atoms with Crippen molar-refractivity contribution in [1.82, 2.24) is 5.32 Å². The van der Waals surface area contributed by atoms with Gasteiger partial charge in [-0.05, 0) is 37.7 Å². The van der Waals surface area contributed by atoms with Crippen molar-refractivity contribution in [2.75, 3.05) is 6.61 Å². The summed E-state index contributed by atoms with van der Waals surface area (Å²) in [6.45, 7) is 7.83. The van der Waals surface area contributed by atoms with E-state index >= 15 is 0 Å². The molecule has 1 aliphatic carbocycles. The third kappa shape index (κ3) is 3.26. The fourth-order valence-corrected chi connectivity index (χ4v) is 3.34. The Labute approximate surface area is 122 Å². The van der Waals surface area contributed by atoms with Crippen molar-refractivity contribution in [1.29, 1.82) is 0 Å². The van der Waals surface area contributed by atoms with Crippen LogP contribution in [0, 0.1) is 11.8 Å². The predicted octanol–water partition coefficient (Wildman–Crippen LogP) is 3.71. The molecule has 3 heteroatoms. The minimum atomic E-state index is 0.277. The molecule has 0 bridgehead atoms. The molecule has 3 nitrogen and oxygen atoms in total. The molecule has 3 unspecified atom stereocenters. The zero-order valence-corrected chi connectivity index (χ0v) is 12.9. The van der Waals surface area contributed by atoms with Gasteiger partial charge in [0.05, 0.1) is 6.61 Å². The highest BCUT2D eigenvalue weighted by molar-refractivity contribution is 5.45. The van der Waals surface area contributed by atoms with Gasteiger partial charge in [-0.25, -0.2) is 0 Å². The van der Waals surface area contributed by atoms with Crippen molar-refractivity contribution in [3.63, 3.8) is 0 Å². The second-order valence-corrected chi connectivity index (χ2v) is 5.79. The molecule has 0 spiro atoms. The number of benzene rings is 1. The van der Waals surface area contributed by atoms with Gasteiger partial charge in [0.1, 0.15) is 0 Å². The number of ether oxygens (including phenoxy) is 1. The third-order valence-electron chi connectivity index (χ3n) is 4.69. The average molecular weight is 277 g/mol. The molecule has 2 N–H and O–H groups in total. The van der Waals surface area contributed by atoms with Crippen LogP contribution in [0.15, 0.2) is 18.2 Å². The standard InChI is InChI=1S/C17H27NO2/c1-4-13-9-10-15(12(13)3)18-11-14-7-6-8-16(17(14)19)20-5-2/h6-8,12-13,15,18-19H,4-5,9-11H2,1-3H3. The number of hydrogen-bond donors (Lipinski definition) is 2. The molecule has 0 aromatic heterocycles. The van der Waals surface area contributed by atoms with Crippen LogP contribution in [-0.2, 0) is 6.54 Å². The SMILES string of the molecule is CCOc1cccc(CNC2CCC(CC)C2C)c1O. The van der Waals surface area contributed by atoms with Gasteiger partial charge in [0, 0.05) is 18.2 Å². The second kappa shape index (κ2) is 6.98. The van der Waals surface area contributed by atoms with Crippen molar-refractivity contribution in [3.05, 3.63) is 23.8 Å². The minimum Gasteiger partial charge on any atom is -0.504 e. The summed E-state index contributed by atoms with van der Waals surface area (Å²) >= 11 is 0. The van der Waals surface area contributed by atoms with E-state index in [1.165, 1.54) is 19.3 Å². The molecule has 0 heterocycles. The molecule has 3 atom stereocenters. The van der Waals surface area contributed by atoms with Crippen LogP contribution >= 0.6 is 0 Å². The van der Waals surface area contributed by atoms with E-state index in [9.17, 15) is 5.11 Å².